The smallest absolute Gasteiger partial charge is 0.234 e. The summed E-state index contributed by atoms with van der Waals surface area (Å²) in [6.45, 7) is 4.02. The van der Waals surface area contributed by atoms with Gasteiger partial charge in [-0.2, -0.15) is 0 Å². The molecule has 1 aliphatic heterocycles. The summed E-state index contributed by atoms with van der Waals surface area (Å²) in [6, 6.07) is 14.1. The van der Waals surface area contributed by atoms with Gasteiger partial charge in [-0.1, -0.05) is 28.1 Å². The summed E-state index contributed by atoms with van der Waals surface area (Å²) in [5.41, 5.74) is 3.23. The van der Waals surface area contributed by atoms with Crippen LogP contribution in [0.5, 0.6) is 5.75 Å². The minimum atomic E-state index is -0.121. The van der Waals surface area contributed by atoms with E-state index in [4.69, 9.17) is 4.74 Å². The molecule has 3 rings (SSSR count). The molecule has 1 aliphatic rings. The number of fused-ring (bicyclic) bond motifs is 1. The molecule has 0 radical (unpaired) electrons. The molecule has 0 aromatic heterocycles. The number of hydrogen-bond acceptors (Lipinski definition) is 2. The third-order valence-corrected chi connectivity index (χ3v) is 4.58. The van der Waals surface area contributed by atoms with Gasteiger partial charge in [0.15, 0.2) is 0 Å². The fourth-order valence-electron chi connectivity index (χ4n) is 3.00. The molecule has 23 heavy (non-hydrogen) atoms. The Morgan fingerprint density at radius 3 is 2.52 bits per heavy atom. The van der Waals surface area contributed by atoms with Crippen molar-refractivity contribution in [3.63, 3.8) is 0 Å². The minimum Gasteiger partial charge on any atom is -0.491 e. The average Bonchev–Trinajstić information content (AvgIpc) is 2.73. The first-order valence-corrected chi connectivity index (χ1v) is 8.57. The van der Waals surface area contributed by atoms with Gasteiger partial charge in [0.1, 0.15) is 5.75 Å². The van der Waals surface area contributed by atoms with E-state index in [1.165, 1.54) is 0 Å². The molecule has 1 atom stereocenters. The third-order valence-electron chi connectivity index (χ3n) is 4.09. The van der Waals surface area contributed by atoms with Crippen molar-refractivity contribution in [3.05, 3.63) is 58.1 Å². The van der Waals surface area contributed by atoms with Crippen LogP contribution in [0.2, 0.25) is 0 Å². The van der Waals surface area contributed by atoms with E-state index in [2.05, 4.69) is 22.0 Å². The lowest BCUT2D eigenvalue weighted by molar-refractivity contribution is -0.119. The molecule has 0 aliphatic carbocycles. The SMILES string of the molecule is CC(C)Oc1ccc(CC2C(=O)N(C)c3ccc(Br)cc32)cc1. The molecular formula is C19H20BrNO2. The predicted octanol–water partition coefficient (Wildman–Crippen LogP) is 4.54. The highest BCUT2D eigenvalue weighted by atomic mass is 79.9. The summed E-state index contributed by atoms with van der Waals surface area (Å²) in [6.07, 6.45) is 0.865. The average molecular weight is 374 g/mol. The number of benzene rings is 2. The maximum atomic E-state index is 12.6. The van der Waals surface area contributed by atoms with Gasteiger partial charge in [-0.05, 0) is 61.7 Å². The second-order valence-corrected chi connectivity index (χ2v) is 7.08. The van der Waals surface area contributed by atoms with Crippen LogP contribution < -0.4 is 9.64 Å². The first-order valence-electron chi connectivity index (χ1n) is 7.78. The van der Waals surface area contributed by atoms with Crippen LogP contribution in [0.25, 0.3) is 0 Å². The van der Waals surface area contributed by atoms with Crippen molar-refractivity contribution in [1.29, 1.82) is 0 Å². The number of likely N-dealkylation sites (N-methyl/N-ethyl adjacent to an activating group) is 1. The normalized spacial score (nSPS) is 16.8. The number of hydrogen-bond donors (Lipinski definition) is 0. The molecule has 0 spiro atoms. The largest absolute Gasteiger partial charge is 0.491 e. The van der Waals surface area contributed by atoms with Crippen LogP contribution in [0.15, 0.2) is 46.9 Å². The van der Waals surface area contributed by atoms with Crippen molar-refractivity contribution >= 4 is 27.5 Å². The third kappa shape index (κ3) is 3.27. The van der Waals surface area contributed by atoms with Gasteiger partial charge in [0.25, 0.3) is 0 Å². The molecular weight excluding hydrogens is 354 g/mol. The maximum absolute atomic E-state index is 12.6. The number of nitrogens with zero attached hydrogens (tertiary/aromatic N) is 1. The van der Waals surface area contributed by atoms with Gasteiger partial charge in [-0.15, -0.1) is 0 Å². The summed E-state index contributed by atoms with van der Waals surface area (Å²) in [4.78, 5) is 14.3. The molecule has 3 nitrogen and oxygen atoms in total. The highest BCUT2D eigenvalue weighted by molar-refractivity contribution is 9.10. The minimum absolute atomic E-state index is 0.121. The molecule has 4 heteroatoms. The number of anilines is 1. The van der Waals surface area contributed by atoms with Gasteiger partial charge in [-0.3, -0.25) is 4.79 Å². The number of carbonyl (C=O) groups is 1. The van der Waals surface area contributed by atoms with Crippen LogP contribution in [0.4, 0.5) is 5.69 Å². The molecule has 0 saturated heterocycles. The van der Waals surface area contributed by atoms with Crippen LogP contribution in [0, 0.1) is 0 Å². The maximum Gasteiger partial charge on any atom is 0.234 e. The molecule has 120 valence electrons. The summed E-state index contributed by atoms with van der Waals surface area (Å²) in [5.74, 6) is 0.895. The Morgan fingerprint density at radius 2 is 1.87 bits per heavy atom. The predicted molar refractivity (Wildman–Crippen MR) is 96.2 cm³/mol. The lowest BCUT2D eigenvalue weighted by Crippen LogP contribution is -2.24. The molecule has 2 aromatic rings. The van der Waals surface area contributed by atoms with Crippen molar-refractivity contribution in [2.45, 2.75) is 32.3 Å². The lowest BCUT2D eigenvalue weighted by Gasteiger charge is -2.13. The van der Waals surface area contributed by atoms with Crippen molar-refractivity contribution in [1.82, 2.24) is 0 Å². The van der Waals surface area contributed by atoms with E-state index in [9.17, 15) is 4.79 Å². The highest BCUT2D eigenvalue weighted by Crippen LogP contribution is 2.39. The van der Waals surface area contributed by atoms with E-state index in [0.29, 0.717) is 6.42 Å². The number of halogens is 1. The molecule has 1 unspecified atom stereocenters. The van der Waals surface area contributed by atoms with Crippen LogP contribution in [0.1, 0.15) is 30.9 Å². The van der Waals surface area contributed by atoms with E-state index >= 15 is 0 Å². The summed E-state index contributed by atoms with van der Waals surface area (Å²) >= 11 is 3.50. The van der Waals surface area contributed by atoms with Crippen molar-refractivity contribution in [2.24, 2.45) is 0 Å². The van der Waals surface area contributed by atoms with Crippen molar-refractivity contribution < 1.29 is 9.53 Å². The van der Waals surface area contributed by atoms with Crippen LogP contribution in [0.3, 0.4) is 0 Å². The Kier molecular flexibility index (Phi) is 4.44. The molecule has 1 amide bonds. The van der Waals surface area contributed by atoms with Gasteiger partial charge >= 0.3 is 0 Å². The first kappa shape index (κ1) is 16.1. The number of amides is 1. The van der Waals surface area contributed by atoms with Gasteiger partial charge in [0.05, 0.1) is 12.0 Å². The zero-order valence-corrected chi connectivity index (χ0v) is 15.1. The zero-order chi connectivity index (χ0) is 16.6. The monoisotopic (exact) mass is 373 g/mol. The Balaban J connectivity index is 1.83. The van der Waals surface area contributed by atoms with Gasteiger partial charge in [0, 0.05) is 17.2 Å². The fourth-order valence-corrected chi connectivity index (χ4v) is 3.38. The Bertz CT molecular complexity index is 725. The topological polar surface area (TPSA) is 29.5 Å². The van der Waals surface area contributed by atoms with Gasteiger partial charge in [-0.25, -0.2) is 0 Å². The molecule has 0 fully saturated rings. The molecule has 0 saturated carbocycles. The van der Waals surface area contributed by atoms with E-state index in [1.54, 1.807) is 4.90 Å². The van der Waals surface area contributed by atoms with Gasteiger partial charge in [0.2, 0.25) is 5.91 Å². The standard InChI is InChI=1S/C19H20BrNO2/c1-12(2)23-15-7-4-13(5-8-15)10-17-16-11-14(20)6-9-18(16)21(3)19(17)22/h4-9,11-12,17H,10H2,1-3H3. The quantitative estimate of drug-likeness (QED) is 0.787. The molecule has 2 aromatic carbocycles. The Morgan fingerprint density at radius 1 is 1.17 bits per heavy atom. The molecule has 0 N–H and O–H groups in total. The van der Waals surface area contributed by atoms with Crippen molar-refractivity contribution in [3.8, 4) is 5.75 Å². The lowest BCUT2D eigenvalue weighted by atomic mass is 9.93. The van der Waals surface area contributed by atoms with E-state index in [-0.39, 0.29) is 17.9 Å². The summed E-state index contributed by atoms with van der Waals surface area (Å²) in [5, 5.41) is 0. The second-order valence-electron chi connectivity index (χ2n) is 6.17. The van der Waals surface area contributed by atoms with E-state index < -0.39 is 0 Å². The van der Waals surface area contributed by atoms with E-state index in [0.717, 1.165) is 27.0 Å². The number of carbonyl (C=O) groups excluding carboxylic acids is 1. The Labute approximate surface area is 145 Å². The molecule has 0 bridgehead atoms. The highest BCUT2D eigenvalue weighted by Gasteiger charge is 2.35. The summed E-state index contributed by atoms with van der Waals surface area (Å²) < 4.78 is 6.67. The zero-order valence-electron chi connectivity index (χ0n) is 13.5. The van der Waals surface area contributed by atoms with E-state index in [1.807, 2.05) is 57.3 Å². The second kappa shape index (κ2) is 6.36. The first-order chi connectivity index (χ1) is 11.0. The number of rotatable bonds is 4. The molecule has 1 heterocycles. The fraction of sp³-hybridized carbons (Fsp3) is 0.316. The van der Waals surface area contributed by atoms with Crippen LogP contribution >= 0.6 is 15.9 Å². The summed E-state index contributed by atoms with van der Waals surface area (Å²) in [7, 11) is 1.84. The van der Waals surface area contributed by atoms with Crippen LogP contribution in [-0.4, -0.2) is 19.1 Å². The van der Waals surface area contributed by atoms with Gasteiger partial charge < -0.3 is 9.64 Å². The van der Waals surface area contributed by atoms with Crippen molar-refractivity contribution in [2.75, 3.05) is 11.9 Å². The number of ether oxygens (including phenoxy) is 1. The van der Waals surface area contributed by atoms with Crippen LogP contribution in [-0.2, 0) is 11.2 Å². The Hall–Kier alpha value is -1.81.